The van der Waals surface area contributed by atoms with E-state index in [1.165, 1.54) is 29.8 Å². The molecule has 0 aliphatic carbocycles. The van der Waals surface area contributed by atoms with Crippen molar-refractivity contribution >= 4 is 11.6 Å². The monoisotopic (exact) mass is 489 g/mol. The standard InChI is InChI=1S/C30H33F2N3O/c31-24-10-8-23(9-11-24)27-7-4-16-35(29-19-25(32)12-13-28(27)29)30(36)20-33-26-14-17-34(18-15-26)21-22-5-2-1-3-6-22/h1-3,5-6,8-13,19,26-27,33H,4,7,14-18,20-21H2. The molecule has 1 fully saturated rings. The fourth-order valence-corrected chi connectivity index (χ4v) is 5.54. The minimum atomic E-state index is -0.356. The van der Waals surface area contributed by atoms with Crippen LogP contribution in [0, 0.1) is 11.6 Å². The van der Waals surface area contributed by atoms with Crippen LogP contribution in [0.5, 0.6) is 0 Å². The Hall–Kier alpha value is -3.09. The van der Waals surface area contributed by atoms with Crippen molar-refractivity contribution in [3.63, 3.8) is 0 Å². The van der Waals surface area contributed by atoms with Crippen LogP contribution >= 0.6 is 0 Å². The highest BCUT2D eigenvalue weighted by Gasteiger charge is 2.28. The third-order valence-corrected chi connectivity index (χ3v) is 7.49. The van der Waals surface area contributed by atoms with Gasteiger partial charge >= 0.3 is 0 Å². The number of benzene rings is 3. The molecule has 2 aliphatic rings. The van der Waals surface area contributed by atoms with Crippen molar-refractivity contribution in [2.45, 2.75) is 44.2 Å². The molecule has 1 amide bonds. The maximum atomic E-state index is 14.3. The van der Waals surface area contributed by atoms with Crippen LogP contribution in [0.2, 0.25) is 0 Å². The molecule has 0 radical (unpaired) electrons. The summed E-state index contributed by atoms with van der Waals surface area (Å²) in [5, 5.41) is 3.46. The first kappa shape index (κ1) is 24.6. The molecule has 5 rings (SSSR count). The van der Waals surface area contributed by atoms with Crippen molar-refractivity contribution in [2.24, 2.45) is 0 Å². The lowest BCUT2D eigenvalue weighted by Gasteiger charge is -2.33. The second-order valence-corrected chi connectivity index (χ2v) is 9.91. The molecule has 6 heteroatoms. The number of likely N-dealkylation sites (tertiary alicyclic amines) is 1. The second-order valence-electron chi connectivity index (χ2n) is 9.91. The third-order valence-electron chi connectivity index (χ3n) is 7.49. The van der Waals surface area contributed by atoms with E-state index in [0.717, 1.165) is 56.4 Å². The highest BCUT2D eigenvalue weighted by molar-refractivity contribution is 5.96. The first-order valence-electron chi connectivity index (χ1n) is 12.9. The van der Waals surface area contributed by atoms with Crippen LogP contribution in [0.3, 0.4) is 0 Å². The quantitative estimate of drug-likeness (QED) is 0.498. The fourth-order valence-electron chi connectivity index (χ4n) is 5.54. The molecule has 0 aromatic heterocycles. The SMILES string of the molecule is O=C(CNC1CCN(Cc2ccccc2)CC1)N1CCCC(c2ccc(F)cc2)c2ccc(F)cc21. The Balaban J connectivity index is 1.22. The van der Waals surface area contributed by atoms with Gasteiger partial charge in [-0.25, -0.2) is 8.78 Å². The number of anilines is 1. The Labute approximate surface area is 211 Å². The molecule has 0 saturated carbocycles. The molecule has 2 heterocycles. The molecule has 1 atom stereocenters. The van der Waals surface area contributed by atoms with Gasteiger partial charge in [-0.1, -0.05) is 48.5 Å². The number of piperidine rings is 1. The van der Waals surface area contributed by atoms with Gasteiger partial charge < -0.3 is 10.2 Å². The van der Waals surface area contributed by atoms with Gasteiger partial charge in [0.15, 0.2) is 0 Å². The molecule has 36 heavy (non-hydrogen) atoms. The normalized spacial score (nSPS) is 19.1. The van der Waals surface area contributed by atoms with Crippen LogP contribution in [0.25, 0.3) is 0 Å². The average molecular weight is 490 g/mol. The van der Waals surface area contributed by atoms with E-state index >= 15 is 0 Å². The molecule has 1 N–H and O–H groups in total. The summed E-state index contributed by atoms with van der Waals surface area (Å²) in [6.45, 7) is 3.73. The summed E-state index contributed by atoms with van der Waals surface area (Å²) in [6, 6.07) is 22.0. The number of hydrogen-bond donors (Lipinski definition) is 1. The van der Waals surface area contributed by atoms with Crippen molar-refractivity contribution in [1.82, 2.24) is 10.2 Å². The van der Waals surface area contributed by atoms with Gasteiger partial charge in [-0.15, -0.1) is 0 Å². The number of carbonyl (C=O) groups is 1. The first-order valence-corrected chi connectivity index (χ1v) is 12.9. The number of rotatable bonds is 6. The number of hydrogen-bond acceptors (Lipinski definition) is 3. The number of nitrogens with zero attached hydrogens (tertiary/aromatic N) is 2. The Morgan fingerprint density at radius 3 is 2.33 bits per heavy atom. The summed E-state index contributed by atoms with van der Waals surface area (Å²) in [7, 11) is 0. The van der Waals surface area contributed by atoms with E-state index < -0.39 is 0 Å². The van der Waals surface area contributed by atoms with Gasteiger partial charge in [0.1, 0.15) is 11.6 Å². The van der Waals surface area contributed by atoms with Crippen LogP contribution in [-0.4, -0.2) is 43.0 Å². The average Bonchev–Trinajstić information content (AvgIpc) is 3.08. The molecule has 0 spiro atoms. The summed E-state index contributed by atoms with van der Waals surface area (Å²) < 4.78 is 27.8. The largest absolute Gasteiger partial charge is 0.311 e. The van der Waals surface area contributed by atoms with Gasteiger partial charge in [0.25, 0.3) is 0 Å². The van der Waals surface area contributed by atoms with Gasteiger partial charge in [0.05, 0.1) is 12.2 Å². The zero-order chi connectivity index (χ0) is 24.9. The van der Waals surface area contributed by atoms with Crippen LogP contribution < -0.4 is 10.2 Å². The van der Waals surface area contributed by atoms with Gasteiger partial charge in [-0.05, 0) is 79.7 Å². The molecule has 3 aromatic rings. The highest BCUT2D eigenvalue weighted by Crippen LogP contribution is 2.39. The Morgan fingerprint density at radius 2 is 1.58 bits per heavy atom. The second kappa shape index (κ2) is 11.3. The molecule has 4 nitrogen and oxygen atoms in total. The van der Waals surface area contributed by atoms with Crippen LogP contribution in [-0.2, 0) is 11.3 Å². The number of fused-ring (bicyclic) bond motifs is 1. The van der Waals surface area contributed by atoms with Crippen LogP contribution in [0.15, 0.2) is 72.8 Å². The number of amides is 1. The van der Waals surface area contributed by atoms with Crippen molar-refractivity contribution in [3.8, 4) is 0 Å². The third kappa shape index (κ3) is 5.82. The highest BCUT2D eigenvalue weighted by atomic mass is 19.1. The van der Waals surface area contributed by atoms with Crippen LogP contribution in [0.4, 0.5) is 14.5 Å². The molecule has 1 unspecified atom stereocenters. The van der Waals surface area contributed by atoms with Crippen molar-refractivity contribution < 1.29 is 13.6 Å². The lowest BCUT2D eigenvalue weighted by molar-refractivity contribution is -0.118. The molecule has 188 valence electrons. The van der Waals surface area contributed by atoms with Gasteiger partial charge in [-0.3, -0.25) is 9.69 Å². The fraction of sp³-hybridized carbons (Fsp3) is 0.367. The van der Waals surface area contributed by atoms with Crippen molar-refractivity contribution in [3.05, 3.63) is 101 Å². The Bertz CT molecular complexity index is 1160. The van der Waals surface area contributed by atoms with E-state index in [2.05, 4.69) is 34.5 Å². The van der Waals surface area contributed by atoms with Gasteiger partial charge in [-0.2, -0.15) is 0 Å². The number of halogens is 2. The zero-order valence-electron chi connectivity index (χ0n) is 20.5. The summed E-state index contributed by atoms with van der Waals surface area (Å²) in [4.78, 5) is 17.5. The van der Waals surface area contributed by atoms with Crippen molar-refractivity contribution in [2.75, 3.05) is 31.1 Å². The zero-order valence-corrected chi connectivity index (χ0v) is 20.5. The number of carbonyl (C=O) groups excluding carboxylic acids is 1. The predicted octanol–water partition coefficient (Wildman–Crippen LogP) is 5.48. The van der Waals surface area contributed by atoms with E-state index in [-0.39, 0.29) is 30.0 Å². The topological polar surface area (TPSA) is 35.6 Å². The van der Waals surface area contributed by atoms with E-state index in [1.807, 2.05) is 6.07 Å². The van der Waals surface area contributed by atoms with E-state index in [0.29, 0.717) is 18.3 Å². The molecular formula is C30H33F2N3O. The summed E-state index contributed by atoms with van der Waals surface area (Å²) >= 11 is 0. The van der Waals surface area contributed by atoms with E-state index in [9.17, 15) is 13.6 Å². The smallest absolute Gasteiger partial charge is 0.240 e. The number of nitrogens with one attached hydrogen (secondary N) is 1. The Morgan fingerprint density at radius 1 is 0.861 bits per heavy atom. The summed E-state index contributed by atoms with van der Waals surface area (Å²) in [5.74, 6) is -0.667. The molecular weight excluding hydrogens is 456 g/mol. The lowest BCUT2D eigenvalue weighted by atomic mass is 9.87. The maximum absolute atomic E-state index is 14.3. The van der Waals surface area contributed by atoms with Crippen molar-refractivity contribution in [1.29, 1.82) is 0 Å². The minimum Gasteiger partial charge on any atom is -0.311 e. The molecule has 2 aliphatic heterocycles. The minimum absolute atomic E-state index is 0.000834. The molecule has 3 aromatic carbocycles. The van der Waals surface area contributed by atoms with Crippen LogP contribution in [0.1, 0.15) is 48.3 Å². The predicted molar refractivity (Wildman–Crippen MR) is 139 cm³/mol. The first-order chi connectivity index (χ1) is 17.6. The molecule has 0 bridgehead atoms. The maximum Gasteiger partial charge on any atom is 0.240 e. The van der Waals surface area contributed by atoms with Gasteiger partial charge in [0.2, 0.25) is 5.91 Å². The van der Waals surface area contributed by atoms with E-state index in [1.54, 1.807) is 23.1 Å². The lowest BCUT2D eigenvalue weighted by Crippen LogP contribution is -2.46. The molecule has 1 saturated heterocycles. The Kier molecular flexibility index (Phi) is 7.73. The summed E-state index contributed by atoms with van der Waals surface area (Å²) in [6.07, 6.45) is 3.61. The summed E-state index contributed by atoms with van der Waals surface area (Å²) in [5.41, 5.74) is 3.86. The van der Waals surface area contributed by atoms with Gasteiger partial charge in [0, 0.05) is 25.0 Å². The van der Waals surface area contributed by atoms with E-state index in [4.69, 9.17) is 0 Å².